The van der Waals surface area contributed by atoms with Crippen LogP contribution in [0, 0.1) is 0 Å². The minimum absolute atomic E-state index is 0.0374. The Kier molecular flexibility index (Phi) is 2.63. The summed E-state index contributed by atoms with van der Waals surface area (Å²) in [7, 11) is 0. The molecular weight excluding hydrogens is 224 g/mol. The van der Waals surface area contributed by atoms with Crippen molar-refractivity contribution in [2.75, 3.05) is 6.54 Å². The van der Waals surface area contributed by atoms with Gasteiger partial charge in [-0.2, -0.15) is 0 Å². The van der Waals surface area contributed by atoms with Crippen molar-refractivity contribution in [2.45, 2.75) is 45.2 Å². The van der Waals surface area contributed by atoms with E-state index in [-0.39, 0.29) is 5.54 Å². The van der Waals surface area contributed by atoms with E-state index in [1.165, 1.54) is 18.4 Å². The van der Waals surface area contributed by atoms with Crippen LogP contribution in [0.15, 0.2) is 18.5 Å². The van der Waals surface area contributed by atoms with E-state index in [0.717, 1.165) is 17.9 Å². The minimum Gasteiger partial charge on any atom is -0.321 e. The van der Waals surface area contributed by atoms with Crippen LogP contribution in [0.4, 0.5) is 0 Å². The molecule has 1 fully saturated rings. The van der Waals surface area contributed by atoms with Crippen LogP contribution in [0.5, 0.6) is 0 Å². The average molecular weight is 244 g/mol. The zero-order valence-corrected chi connectivity index (χ0v) is 11.3. The largest absolute Gasteiger partial charge is 0.321 e. The highest BCUT2D eigenvalue weighted by Crippen LogP contribution is 2.31. The molecule has 0 amide bonds. The number of pyridine rings is 1. The van der Waals surface area contributed by atoms with Crippen molar-refractivity contribution in [3.05, 3.63) is 24.3 Å². The monoisotopic (exact) mass is 244 g/mol. The molecule has 3 rings (SSSR count). The Labute approximate surface area is 107 Å². The SMILES string of the molecule is CC(C)(C)n1c(C2CCCN2)nc2cnccc21. The van der Waals surface area contributed by atoms with E-state index in [4.69, 9.17) is 4.98 Å². The average Bonchev–Trinajstić information content (AvgIpc) is 2.94. The zero-order valence-electron chi connectivity index (χ0n) is 11.3. The Balaban J connectivity index is 2.23. The van der Waals surface area contributed by atoms with Crippen molar-refractivity contribution in [1.82, 2.24) is 19.9 Å². The molecule has 0 bridgehead atoms. The number of nitrogens with zero attached hydrogens (tertiary/aromatic N) is 3. The first kappa shape index (κ1) is 11.7. The van der Waals surface area contributed by atoms with Crippen LogP contribution in [-0.2, 0) is 5.54 Å². The van der Waals surface area contributed by atoms with Crippen LogP contribution < -0.4 is 5.32 Å². The van der Waals surface area contributed by atoms with E-state index in [1.807, 2.05) is 12.4 Å². The molecule has 4 nitrogen and oxygen atoms in total. The molecule has 2 aromatic rings. The van der Waals surface area contributed by atoms with Gasteiger partial charge in [-0.15, -0.1) is 0 Å². The number of rotatable bonds is 1. The van der Waals surface area contributed by atoms with Gasteiger partial charge in [-0.25, -0.2) is 4.98 Å². The highest BCUT2D eigenvalue weighted by Gasteiger charge is 2.28. The maximum absolute atomic E-state index is 4.80. The first-order valence-electron chi connectivity index (χ1n) is 6.63. The second-order valence-corrected chi connectivity index (χ2v) is 5.99. The van der Waals surface area contributed by atoms with E-state index in [9.17, 15) is 0 Å². The lowest BCUT2D eigenvalue weighted by Gasteiger charge is -2.26. The molecule has 1 saturated heterocycles. The topological polar surface area (TPSA) is 42.7 Å². The highest BCUT2D eigenvalue weighted by atomic mass is 15.2. The summed E-state index contributed by atoms with van der Waals surface area (Å²) in [6, 6.07) is 2.45. The lowest BCUT2D eigenvalue weighted by Crippen LogP contribution is -2.28. The van der Waals surface area contributed by atoms with Crippen molar-refractivity contribution in [1.29, 1.82) is 0 Å². The predicted molar refractivity (Wildman–Crippen MR) is 72.5 cm³/mol. The van der Waals surface area contributed by atoms with Gasteiger partial charge in [-0.1, -0.05) is 0 Å². The summed E-state index contributed by atoms with van der Waals surface area (Å²) >= 11 is 0. The smallest absolute Gasteiger partial charge is 0.127 e. The molecule has 0 saturated carbocycles. The number of nitrogens with one attached hydrogen (secondary N) is 1. The number of aromatic nitrogens is 3. The Morgan fingerprint density at radius 1 is 1.39 bits per heavy atom. The van der Waals surface area contributed by atoms with Crippen LogP contribution in [0.2, 0.25) is 0 Å². The van der Waals surface area contributed by atoms with Gasteiger partial charge < -0.3 is 9.88 Å². The van der Waals surface area contributed by atoms with Gasteiger partial charge in [0.15, 0.2) is 0 Å². The van der Waals surface area contributed by atoms with Gasteiger partial charge in [-0.3, -0.25) is 4.98 Å². The van der Waals surface area contributed by atoms with Gasteiger partial charge in [-0.05, 0) is 46.2 Å². The van der Waals surface area contributed by atoms with Crippen molar-refractivity contribution in [3.63, 3.8) is 0 Å². The molecule has 18 heavy (non-hydrogen) atoms. The number of fused-ring (bicyclic) bond motifs is 1. The van der Waals surface area contributed by atoms with Crippen molar-refractivity contribution >= 4 is 11.0 Å². The van der Waals surface area contributed by atoms with E-state index in [1.54, 1.807) is 0 Å². The number of imidazole rings is 1. The van der Waals surface area contributed by atoms with Crippen molar-refractivity contribution in [2.24, 2.45) is 0 Å². The van der Waals surface area contributed by atoms with Gasteiger partial charge >= 0.3 is 0 Å². The standard InChI is InChI=1S/C14H20N4/c1-14(2,3)18-12-6-8-15-9-11(12)17-13(18)10-5-4-7-16-10/h6,8-10,16H,4-5,7H2,1-3H3. The fourth-order valence-electron chi connectivity index (χ4n) is 2.79. The number of hydrogen-bond donors (Lipinski definition) is 1. The summed E-state index contributed by atoms with van der Waals surface area (Å²) in [5.74, 6) is 1.16. The molecule has 0 aliphatic carbocycles. The molecule has 1 unspecified atom stereocenters. The van der Waals surface area contributed by atoms with Gasteiger partial charge in [0.25, 0.3) is 0 Å². The molecule has 0 radical (unpaired) electrons. The maximum Gasteiger partial charge on any atom is 0.127 e. The Bertz CT molecular complexity index is 559. The minimum atomic E-state index is 0.0374. The van der Waals surface area contributed by atoms with Gasteiger partial charge in [0.1, 0.15) is 11.3 Å². The quantitative estimate of drug-likeness (QED) is 0.838. The van der Waals surface area contributed by atoms with Crippen LogP contribution in [0.3, 0.4) is 0 Å². The molecule has 3 heterocycles. The Morgan fingerprint density at radius 3 is 2.89 bits per heavy atom. The Hall–Kier alpha value is -1.42. The summed E-state index contributed by atoms with van der Waals surface area (Å²) in [6.45, 7) is 7.78. The summed E-state index contributed by atoms with van der Waals surface area (Å²) in [4.78, 5) is 8.98. The van der Waals surface area contributed by atoms with Gasteiger partial charge in [0, 0.05) is 11.7 Å². The molecular formula is C14H20N4. The molecule has 1 N–H and O–H groups in total. The molecule has 96 valence electrons. The molecule has 0 aromatic carbocycles. The molecule has 1 aliphatic rings. The molecule has 4 heteroatoms. The fraction of sp³-hybridized carbons (Fsp3) is 0.571. The summed E-state index contributed by atoms with van der Waals surface area (Å²) in [5.41, 5.74) is 2.22. The fourth-order valence-corrected chi connectivity index (χ4v) is 2.79. The Morgan fingerprint density at radius 2 is 2.22 bits per heavy atom. The number of hydrogen-bond acceptors (Lipinski definition) is 3. The van der Waals surface area contributed by atoms with E-state index in [0.29, 0.717) is 6.04 Å². The predicted octanol–water partition coefficient (Wildman–Crippen LogP) is 2.61. The first-order valence-corrected chi connectivity index (χ1v) is 6.63. The molecule has 0 spiro atoms. The van der Waals surface area contributed by atoms with Crippen LogP contribution >= 0.6 is 0 Å². The third-order valence-electron chi connectivity index (χ3n) is 3.53. The summed E-state index contributed by atoms with van der Waals surface area (Å²) in [5, 5.41) is 3.54. The van der Waals surface area contributed by atoms with E-state index >= 15 is 0 Å². The highest BCUT2D eigenvalue weighted by molar-refractivity contribution is 5.75. The van der Waals surface area contributed by atoms with Gasteiger partial charge in [0.2, 0.25) is 0 Å². The van der Waals surface area contributed by atoms with Crippen LogP contribution in [0.25, 0.3) is 11.0 Å². The lowest BCUT2D eigenvalue weighted by atomic mass is 10.1. The summed E-state index contributed by atoms with van der Waals surface area (Å²) < 4.78 is 2.35. The third kappa shape index (κ3) is 1.81. The normalized spacial score (nSPS) is 20.7. The van der Waals surface area contributed by atoms with Gasteiger partial charge in [0.05, 0.1) is 17.8 Å². The van der Waals surface area contributed by atoms with Crippen LogP contribution in [0.1, 0.15) is 45.5 Å². The zero-order chi connectivity index (χ0) is 12.8. The maximum atomic E-state index is 4.80. The van der Waals surface area contributed by atoms with Crippen molar-refractivity contribution < 1.29 is 0 Å². The van der Waals surface area contributed by atoms with E-state index < -0.39 is 0 Å². The first-order chi connectivity index (χ1) is 8.57. The molecule has 1 atom stereocenters. The molecule has 2 aromatic heterocycles. The van der Waals surface area contributed by atoms with Crippen LogP contribution in [-0.4, -0.2) is 21.1 Å². The summed E-state index contributed by atoms with van der Waals surface area (Å²) in [6.07, 6.45) is 6.11. The lowest BCUT2D eigenvalue weighted by molar-refractivity contribution is 0.378. The molecule has 1 aliphatic heterocycles. The third-order valence-corrected chi connectivity index (χ3v) is 3.53. The second-order valence-electron chi connectivity index (χ2n) is 5.99. The second kappa shape index (κ2) is 4.05. The van der Waals surface area contributed by atoms with Crippen molar-refractivity contribution in [3.8, 4) is 0 Å². The van der Waals surface area contributed by atoms with E-state index in [2.05, 4.69) is 41.7 Å².